The van der Waals surface area contributed by atoms with Crippen LogP contribution in [0.1, 0.15) is 33.3 Å². The van der Waals surface area contributed by atoms with E-state index in [1.807, 2.05) is 39.1 Å². The molecule has 1 aromatic carbocycles. The van der Waals surface area contributed by atoms with Crippen LogP contribution in [0, 0.1) is 11.8 Å². The van der Waals surface area contributed by atoms with Crippen LogP contribution in [-0.2, 0) is 19.9 Å². The highest BCUT2D eigenvalue weighted by Gasteiger charge is 2.74. The third-order valence-corrected chi connectivity index (χ3v) is 5.99. The van der Waals surface area contributed by atoms with E-state index >= 15 is 0 Å². The molecule has 0 bridgehead atoms. The van der Waals surface area contributed by atoms with Crippen LogP contribution in [0.25, 0.3) is 0 Å². The number of likely N-dealkylation sites (tertiary alicyclic amines) is 1. The van der Waals surface area contributed by atoms with Crippen molar-refractivity contribution in [2.24, 2.45) is 11.8 Å². The van der Waals surface area contributed by atoms with Crippen molar-refractivity contribution in [1.82, 2.24) is 4.90 Å². The van der Waals surface area contributed by atoms with Crippen molar-refractivity contribution in [2.75, 3.05) is 5.32 Å². The molecule has 7 heteroatoms. The number of rotatable bonds is 0. The van der Waals surface area contributed by atoms with Crippen molar-refractivity contribution in [2.45, 2.75) is 44.8 Å². The molecule has 132 valence electrons. The first kappa shape index (κ1) is 16.5. The van der Waals surface area contributed by atoms with E-state index in [4.69, 9.17) is 11.6 Å². The normalized spacial score (nSPS) is 33.9. The van der Waals surface area contributed by atoms with E-state index in [9.17, 15) is 14.4 Å². The molecule has 25 heavy (non-hydrogen) atoms. The van der Waals surface area contributed by atoms with Gasteiger partial charge in [0.25, 0.3) is 5.91 Å². The number of amides is 3. The Bertz CT molecular complexity index is 831. The number of hydrogen-bond acceptors (Lipinski definition) is 3. The van der Waals surface area contributed by atoms with Gasteiger partial charge < -0.3 is 10.6 Å². The molecular weight excluding hydrogens is 342 g/mol. The standard InChI is InChI=1S/C18H20ClN3O3/c1-8-11-12(15(24)22(14(11)23)17(2,3)4)18(21-8)9-6-5-7-10(19)13(9)20-16(18)25/h5-8,11-12,21H,1-4H3,(H,20,25)/p+1/t8-,11-,12+,18+/m1/s1. The van der Waals surface area contributed by atoms with E-state index in [0.29, 0.717) is 16.3 Å². The minimum absolute atomic E-state index is 0.176. The molecule has 4 atom stereocenters. The Hall–Kier alpha value is -1.92. The Morgan fingerprint density at radius 2 is 1.88 bits per heavy atom. The summed E-state index contributed by atoms with van der Waals surface area (Å²) in [5.74, 6) is -1.96. The quantitative estimate of drug-likeness (QED) is 0.671. The minimum Gasteiger partial charge on any atom is -0.326 e. The van der Waals surface area contributed by atoms with Crippen molar-refractivity contribution in [3.8, 4) is 0 Å². The van der Waals surface area contributed by atoms with Crippen LogP contribution in [-0.4, -0.2) is 34.2 Å². The largest absolute Gasteiger partial charge is 0.326 e. The lowest BCUT2D eigenvalue weighted by Crippen LogP contribution is -2.98. The maximum Gasteiger partial charge on any atom is 0.291 e. The fourth-order valence-electron chi connectivity index (χ4n) is 4.79. The number of carbonyl (C=O) groups excluding carboxylic acids is 3. The van der Waals surface area contributed by atoms with E-state index in [0.717, 1.165) is 0 Å². The summed E-state index contributed by atoms with van der Waals surface area (Å²) in [4.78, 5) is 40.6. The fourth-order valence-corrected chi connectivity index (χ4v) is 5.01. The summed E-state index contributed by atoms with van der Waals surface area (Å²) in [6.45, 7) is 7.42. The topological polar surface area (TPSA) is 83.1 Å². The monoisotopic (exact) mass is 362 g/mol. The van der Waals surface area contributed by atoms with Gasteiger partial charge in [-0.15, -0.1) is 0 Å². The summed E-state index contributed by atoms with van der Waals surface area (Å²) in [6.07, 6.45) is 0. The Morgan fingerprint density at radius 3 is 2.52 bits per heavy atom. The number of anilines is 1. The number of halogens is 1. The summed E-state index contributed by atoms with van der Waals surface area (Å²) in [5.41, 5.74) is -0.503. The lowest BCUT2D eigenvalue weighted by atomic mass is 9.76. The third-order valence-electron chi connectivity index (χ3n) is 5.68. The van der Waals surface area contributed by atoms with Crippen molar-refractivity contribution in [3.05, 3.63) is 28.8 Å². The number of nitrogens with two attached hydrogens (primary N) is 1. The lowest BCUT2D eigenvalue weighted by molar-refractivity contribution is -0.730. The fraction of sp³-hybridized carbons (Fsp3) is 0.500. The van der Waals surface area contributed by atoms with Gasteiger partial charge in [-0.3, -0.25) is 19.3 Å². The van der Waals surface area contributed by atoms with Gasteiger partial charge in [0.15, 0.2) is 0 Å². The van der Waals surface area contributed by atoms with Gasteiger partial charge in [-0.25, -0.2) is 0 Å². The Balaban J connectivity index is 1.93. The summed E-state index contributed by atoms with van der Waals surface area (Å²) < 4.78 is 0. The number of hydrogen-bond donors (Lipinski definition) is 2. The molecule has 3 N–H and O–H groups in total. The summed E-state index contributed by atoms with van der Waals surface area (Å²) in [6, 6.07) is 5.13. The molecule has 0 saturated carbocycles. The number of para-hydroxylation sites is 1. The molecule has 1 aromatic rings. The van der Waals surface area contributed by atoms with Gasteiger partial charge in [-0.1, -0.05) is 17.7 Å². The average Bonchev–Trinajstić information content (AvgIpc) is 3.05. The first-order valence-electron chi connectivity index (χ1n) is 8.45. The van der Waals surface area contributed by atoms with Gasteiger partial charge in [0, 0.05) is 11.1 Å². The van der Waals surface area contributed by atoms with Gasteiger partial charge in [0.1, 0.15) is 11.8 Å². The summed E-state index contributed by atoms with van der Waals surface area (Å²) in [7, 11) is 0. The highest BCUT2D eigenvalue weighted by atomic mass is 35.5. The lowest BCUT2D eigenvalue weighted by Gasteiger charge is -2.33. The van der Waals surface area contributed by atoms with Crippen molar-refractivity contribution in [1.29, 1.82) is 0 Å². The van der Waals surface area contributed by atoms with Gasteiger partial charge in [0.2, 0.25) is 17.4 Å². The maximum absolute atomic E-state index is 13.3. The summed E-state index contributed by atoms with van der Waals surface area (Å²) >= 11 is 6.25. The smallest absolute Gasteiger partial charge is 0.291 e. The SMILES string of the molecule is C[C@H]1[NH2+][C@]2(C(=O)Nc3c(Cl)cccc32)[C@@H]2C(=O)N(C(C)(C)C)C(=O)[C@@H]21. The molecule has 3 aliphatic heterocycles. The van der Waals surface area contributed by atoms with Crippen molar-refractivity contribution in [3.63, 3.8) is 0 Å². The third kappa shape index (κ3) is 1.87. The Kier molecular flexibility index (Phi) is 3.19. The highest BCUT2D eigenvalue weighted by Crippen LogP contribution is 2.51. The zero-order valence-electron chi connectivity index (χ0n) is 14.6. The molecule has 3 aliphatic rings. The van der Waals surface area contributed by atoms with Crippen LogP contribution >= 0.6 is 11.6 Å². The molecule has 0 radical (unpaired) electrons. The predicted octanol–water partition coefficient (Wildman–Crippen LogP) is 0.853. The molecule has 2 fully saturated rings. The molecule has 1 spiro atoms. The maximum atomic E-state index is 13.3. The number of nitrogens with zero attached hydrogens (tertiary/aromatic N) is 1. The Morgan fingerprint density at radius 1 is 1.20 bits per heavy atom. The van der Waals surface area contributed by atoms with Crippen LogP contribution in [0.15, 0.2) is 18.2 Å². The average molecular weight is 363 g/mol. The van der Waals surface area contributed by atoms with Crippen LogP contribution in [0.5, 0.6) is 0 Å². The van der Waals surface area contributed by atoms with Gasteiger partial charge in [-0.2, -0.15) is 0 Å². The second kappa shape index (κ2) is 4.83. The van der Waals surface area contributed by atoms with Gasteiger partial charge >= 0.3 is 0 Å². The molecule has 0 unspecified atom stereocenters. The van der Waals surface area contributed by atoms with Crippen LogP contribution in [0.4, 0.5) is 5.69 Å². The van der Waals surface area contributed by atoms with Crippen LogP contribution in [0.3, 0.4) is 0 Å². The second-order valence-electron chi connectivity index (χ2n) is 8.20. The molecule has 0 aliphatic carbocycles. The van der Waals surface area contributed by atoms with Crippen LogP contribution in [0.2, 0.25) is 5.02 Å². The number of fused-ring (bicyclic) bond motifs is 4. The number of nitrogens with one attached hydrogen (secondary N) is 1. The number of carbonyl (C=O) groups is 3. The van der Waals surface area contributed by atoms with Gasteiger partial charge in [-0.05, 0) is 39.8 Å². The van der Waals surface area contributed by atoms with Crippen molar-refractivity contribution < 1.29 is 19.7 Å². The summed E-state index contributed by atoms with van der Waals surface area (Å²) in [5, 5.41) is 5.15. The molecule has 0 aromatic heterocycles. The predicted molar refractivity (Wildman–Crippen MR) is 91.7 cm³/mol. The number of benzene rings is 1. The van der Waals surface area contributed by atoms with E-state index in [-0.39, 0.29) is 23.8 Å². The molecule has 2 saturated heterocycles. The molecule has 6 nitrogen and oxygen atoms in total. The first-order valence-corrected chi connectivity index (χ1v) is 8.83. The van der Waals surface area contributed by atoms with E-state index in [1.165, 1.54) is 4.90 Å². The van der Waals surface area contributed by atoms with E-state index in [1.54, 1.807) is 12.1 Å². The molecule has 3 amide bonds. The number of quaternary nitrogens is 1. The molecule has 3 heterocycles. The molecular formula is C18H21ClN3O3+. The minimum atomic E-state index is -1.13. The molecule has 4 rings (SSSR count). The van der Waals surface area contributed by atoms with Gasteiger partial charge in [0.05, 0.1) is 16.8 Å². The van der Waals surface area contributed by atoms with Crippen molar-refractivity contribution >= 4 is 35.0 Å². The highest BCUT2D eigenvalue weighted by molar-refractivity contribution is 6.35. The van der Waals surface area contributed by atoms with Crippen LogP contribution < -0.4 is 10.6 Å². The zero-order valence-corrected chi connectivity index (χ0v) is 15.3. The Labute approximate surface area is 150 Å². The second-order valence-corrected chi connectivity index (χ2v) is 8.60. The zero-order chi connectivity index (χ0) is 18.3. The van der Waals surface area contributed by atoms with E-state index < -0.39 is 22.9 Å². The first-order chi connectivity index (χ1) is 11.6. The van der Waals surface area contributed by atoms with E-state index in [2.05, 4.69) is 5.32 Å². The number of imide groups is 1.